The maximum Gasteiger partial charge on any atom is 0.329 e. The van der Waals surface area contributed by atoms with E-state index in [4.69, 9.17) is 9.47 Å². The average molecular weight is 322 g/mol. The molecule has 2 aromatic heterocycles. The Kier molecular flexibility index (Phi) is 4.11. The van der Waals surface area contributed by atoms with Crippen LogP contribution in [0.2, 0.25) is 0 Å². The zero-order chi connectivity index (χ0) is 16.6. The molecule has 0 radical (unpaired) electrons. The van der Waals surface area contributed by atoms with Gasteiger partial charge >= 0.3 is 5.69 Å². The van der Waals surface area contributed by atoms with Gasteiger partial charge in [-0.15, -0.1) is 0 Å². The molecule has 0 saturated carbocycles. The second-order valence-electron chi connectivity index (χ2n) is 6.36. The highest BCUT2D eigenvalue weighted by Gasteiger charge is 2.30. The van der Waals surface area contributed by atoms with Crippen LogP contribution in [0, 0.1) is 5.92 Å². The number of aryl methyl sites for hydroxylation is 1. The molecule has 8 nitrogen and oxygen atoms in total. The van der Waals surface area contributed by atoms with Crippen LogP contribution in [0.4, 0.5) is 0 Å². The summed E-state index contributed by atoms with van der Waals surface area (Å²) < 4.78 is 14.4. The van der Waals surface area contributed by atoms with Crippen molar-refractivity contribution in [1.29, 1.82) is 0 Å². The zero-order valence-corrected chi connectivity index (χ0v) is 13.7. The Bertz CT molecular complexity index is 813. The number of nitrogens with one attached hydrogen (secondary N) is 1. The van der Waals surface area contributed by atoms with Gasteiger partial charge < -0.3 is 14.0 Å². The quantitative estimate of drug-likeness (QED) is 0.870. The van der Waals surface area contributed by atoms with Gasteiger partial charge in [-0.05, 0) is 19.3 Å². The van der Waals surface area contributed by atoms with Crippen molar-refractivity contribution in [3.63, 3.8) is 0 Å². The molecule has 126 valence electrons. The molecule has 1 saturated heterocycles. The van der Waals surface area contributed by atoms with Crippen molar-refractivity contribution >= 4 is 11.2 Å². The number of rotatable bonds is 5. The highest BCUT2D eigenvalue weighted by Crippen LogP contribution is 2.26. The van der Waals surface area contributed by atoms with Crippen LogP contribution in [-0.2, 0) is 23.1 Å². The molecule has 0 aromatic carbocycles. The molecular formula is C15H22N4O4. The number of imidazole rings is 1. The third-order valence-corrected chi connectivity index (χ3v) is 4.37. The van der Waals surface area contributed by atoms with Crippen LogP contribution in [0.1, 0.15) is 26.7 Å². The molecule has 2 aromatic rings. The first kappa shape index (κ1) is 15.9. The van der Waals surface area contributed by atoms with E-state index < -0.39 is 17.0 Å². The Morgan fingerprint density at radius 3 is 2.78 bits per heavy atom. The molecule has 1 fully saturated rings. The first-order valence-corrected chi connectivity index (χ1v) is 7.82. The van der Waals surface area contributed by atoms with Crippen LogP contribution in [0.25, 0.3) is 11.2 Å². The van der Waals surface area contributed by atoms with Gasteiger partial charge in [0.15, 0.2) is 17.0 Å². The fourth-order valence-corrected chi connectivity index (χ4v) is 2.96. The Hall–Kier alpha value is -1.93. The highest BCUT2D eigenvalue weighted by molar-refractivity contribution is 5.69. The normalized spacial score (nSPS) is 18.6. The molecule has 0 aliphatic carbocycles. The van der Waals surface area contributed by atoms with E-state index in [0.717, 1.165) is 12.8 Å². The monoisotopic (exact) mass is 322 g/mol. The average Bonchev–Trinajstić information content (AvgIpc) is 3.11. The molecule has 23 heavy (non-hydrogen) atoms. The predicted octanol–water partition coefficient (Wildman–Crippen LogP) is 0.603. The van der Waals surface area contributed by atoms with Gasteiger partial charge in [-0.1, -0.05) is 6.92 Å². The number of hydrogen-bond donors (Lipinski definition) is 1. The Labute approximate surface area is 133 Å². The SMILES string of the molecule is CC(CCC1(C)OCCO1)Cn1cnc2c1c(=O)[nH]c(=O)n2C. The third-order valence-electron chi connectivity index (χ3n) is 4.37. The van der Waals surface area contributed by atoms with Gasteiger partial charge in [0.25, 0.3) is 5.56 Å². The van der Waals surface area contributed by atoms with Gasteiger partial charge in [0, 0.05) is 20.0 Å². The number of H-pyrrole nitrogens is 1. The summed E-state index contributed by atoms with van der Waals surface area (Å²) in [5.41, 5.74) is -0.0228. The first-order chi connectivity index (χ1) is 10.9. The van der Waals surface area contributed by atoms with Gasteiger partial charge in [-0.3, -0.25) is 14.3 Å². The second-order valence-corrected chi connectivity index (χ2v) is 6.36. The van der Waals surface area contributed by atoms with E-state index in [1.54, 1.807) is 17.9 Å². The second kappa shape index (κ2) is 5.93. The summed E-state index contributed by atoms with van der Waals surface area (Å²) in [4.78, 5) is 30.2. The van der Waals surface area contributed by atoms with Crippen LogP contribution in [0.3, 0.4) is 0 Å². The number of aromatic nitrogens is 4. The highest BCUT2D eigenvalue weighted by atomic mass is 16.7. The lowest BCUT2D eigenvalue weighted by molar-refractivity contribution is -0.149. The molecule has 1 unspecified atom stereocenters. The van der Waals surface area contributed by atoms with Crippen molar-refractivity contribution in [2.45, 2.75) is 39.0 Å². The molecule has 1 aliphatic rings. The topological polar surface area (TPSA) is 91.1 Å². The lowest BCUT2D eigenvalue weighted by Gasteiger charge is -2.24. The van der Waals surface area contributed by atoms with Gasteiger partial charge in [0.05, 0.1) is 19.5 Å². The maximum atomic E-state index is 12.1. The lowest BCUT2D eigenvalue weighted by atomic mass is 10.0. The van der Waals surface area contributed by atoms with Crippen molar-refractivity contribution in [1.82, 2.24) is 19.1 Å². The number of hydrogen-bond acceptors (Lipinski definition) is 5. The van der Waals surface area contributed by atoms with Gasteiger partial charge in [-0.25, -0.2) is 9.78 Å². The molecule has 0 amide bonds. The number of fused-ring (bicyclic) bond motifs is 1. The Morgan fingerprint density at radius 1 is 1.39 bits per heavy atom. The molecule has 3 rings (SSSR count). The van der Waals surface area contributed by atoms with E-state index in [-0.39, 0.29) is 0 Å². The summed E-state index contributed by atoms with van der Waals surface area (Å²) in [7, 11) is 1.59. The van der Waals surface area contributed by atoms with Crippen molar-refractivity contribution in [2.75, 3.05) is 13.2 Å². The minimum Gasteiger partial charge on any atom is -0.348 e. The van der Waals surface area contributed by atoms with Crippen LogP contribution in [-0.4, -0.2) is 38.1 Å². The summed E-state index contributed by atoms with van der Waals surface area (Å²) in [6.45, 7) is 5.99. The zero-order valence-electron chi connectivity index (χ0n) is 13.7. The smallest absolute Gasteiger partial charge is 0.329 e. The summed E-state index contributed by atoms with van der Waals surface area (Å²) in [6.07, 6.45) is 3.32. The molecular weight excluding hydrogens is 300 g/mol. The fourth-order valence-electron chi connectivity index (χ4n) is 2.96. The molecule has 1 atom stereocenters. The predicted molar refractivity (Wildman–Crippen MR) is 84.3 cm³/mol. The number of ether oxygens (including phenoxy) is 2. The van der Waals surface area contributed by atoms with Crippen LogP contribution < -0.4 is 11.2 Å². The van der Waals surface area contributed by atoms with E-state index in [9.17, 15) is 9.59 Å². The van der Waals surface area contributed by atoms with Crippen molar-refractivity contribution in [3.8, 4) is 0 Å². The van der Waals surface area contributed by atoms with Crippen molar-refractivity contribution < 1.29 is 9.47 Å². The van der Waals surface area contributed by atoms with Gasteiger partial charge in [0.2, 0.25) is 0 Å². The Balaban J connectivity index is 1.75. The van der Waals surface area contributed by atoms with E-state index in [2.05, 4.69) is 16.9 Å². The van der Waals surface area contributed by atoms with Crippen LogP contribution in [0.15, 0.2) is 15.9 Å². The molecule has 1 N–H and O–H groups in total. The largest absolute Gasteiger partial charge is 0.348 e. The summed E-state index contributed by atoms with van der Waals surface area (Å²) in [5, 5.41) is 0. The number of nitrogens with zero attached hydrogens (tertiary/aromatic N) is 3. The van der Waals surface area contributed by atoms with Crippen molar-refractivity contribution in [2.24, 2.45) is 13.0 Å². The minimum absolute atomic E-state index is 0.314. The molecule has 8 heteroatoms. The number of aromatic amines is 1. The molecule has 0 bridgehead atoms. The third kappa shape index (κ3) is 3.09. The Morgan fingerprint density at radius 2 is 2.09 bits per heavy atom. The van der Waals surface area contributed by atoms with E-state index >= 15 is 0 Å². The standard InChI is InChI=1S/C15H22N4O4/c1-10(4-5-15(2)22-6-7-23-15)8-19-9-16-12-11(19)13(20)17-14(21)18(12)3/h9-10H,4-8H2,1-3H3,(H,17,20,21). The van der Waals surface area contributed by atoms with E-state index in [0.29, 0.717) is 36.8 Å². The van der Waals surface area contributed by atoms with Crippen LogP contribution >= 0.6 is 0 Å². The summed E-state index contributed by atoms with van der Waals surface area (Å²) in [6, 6.07) is 0. The van der Waals surface area contributed by atoms with Gasteiger partial charge in [-0.2, -0.15) is 0 Å². The summed E-state index contributed by atoms with van der Waals surface area (Å²) >= 11 is 0. The van der Waals surface area contributed by atoms with E-state index in [1.807, 2.05) is 6.92 Å². The van der Waals surface area contributed by atoms with Crippen LogP contribution in [0.5, 0.6) is 0 Å². The van der Waals surface area contributed by atoms with Crippen molar-refractivity contribution in [3.05, 3.63) is 27.2 Å². The van der Waals surface area contributed by atoms with E-state index in [1.165, 1.54) is 4.57 Å². The fraction of sp³-hybridized carbons (Fsp3) is 0.667. The maximum absolute atomic E-state index is 12.1. The summed E-state index contributed by atoms with van der Waals surface area (Å²) in [5.74, 6) is -0.180. The van der Waals surface area contributed by atoms with Gasteiger partial charge in [0.1, 0.15) is 0 Å². The molecule has 3 heterocycles. The molecule has 1 aliphatic heterocycles. The lowest BCUT2D eigenvalue weighted by Crippen LogP contribution is -2.29. The molecule has 0 spiro atoms. The first-order valence-electron chi connectivity index (χ1n) is 7.82. The minimum atomic E-state index is -0.493.